The number of fused-ring (bicyclic) bond motifs is 1. The van der Waals surface area contributed by atoms with Gasteiger partial charge in [-0.2, -0.15) is 0 Å². The van der Waals surface area contributed by atoms with E-state index in [9.17, 15) is 9.59 Å². The quantitative estimate of drug-likeness (QED) is 0.864. The molecular formula is C16H19N3O2. The molecule has 110 valence electrons. The highest BCUT2D eigenvalue weighted by Crippen LogP contribution is 2.10. The normalized spacial score (nSPS) is 15.3. The molecule has 0 unspecified atom stereocenters. The summed E-state index contributed by atoms with van der Waals surface area (Å²) in [5, 5.41) is 0.602. The first-order valence-electron chi connectivity index (χ1n) is 7.48. The summed E-state index contributed by atoms with van der Waals surface area (Å²) in [5.41, 5.74) is 0.619. The molecule has 0 bridgehead atoms. The first kappa shape index (κ1) is 13.8. The fourth-order valence-corrected chi connectivity index (χ4v) is 2.78. The van der Waals surface area contributed by atoms with Crippen LogP contribution in [-0.2, 0) is 11.3 Å². The Bertz CT molecular complexity index is 702. The van der Waals surface area contributed by atoms with Crippen LogP contribution >= 0.6 is 0 Å². The minimum Gasteiger partial charge on any atom is -0.343 e. The summed E-state index contributed by atoms with van der Waals surface area (Å²) in [4.78, 5) is 30.6. The molecule has 5 nitrogen and oxygen atoms in total. The van der Waals surface area contributed by atoms with Crippen LogP contribution in [0.3, 0.4) is 0 Å². The lowest BCUT2D eigenvalue weighted by Crippen LogP contribution is -2.36. The third-order valence-electron chi connectivity index (χ3n) is 4.01. The van der Waals surface area contributed by atoms with Gasteiger partial charge < -0.3 is 4.90 Å². The van der Waals surface area contributed by atoms with Crippen LogP contribution in [0, 0.1) is 0 Å². The van der Waals surface area contributed by atoms with Crippen molar-refractivity contribution in [3.8, 4) is 0 Å². The van der Waals surface area contributed by atoms with Crippen LogP contribution in [0.4, 0.5) is 0 Å². The molecule has 1 saturated heterocycles. The van der Waals surface area contributed by atoms with Crippen LogP contribution in [0.2, 0.25) is 0 Å². The Labute approximate surface area is 123 Å². The Morgan fingerprint density at radius 1 is 1.14 bits per heavy atom. The van der Waals surface area contributed by atoms with Crippen molar-refractivity contribution in [3.63, 3.8) is 0 Å². The Hall–Kier alpha value is -2.17. The lowest BCUT2D eigenvalue weighted by molar-refractivity contribution is -0.132. The number of rotatable bonds is 3. The summed E-state index contributed by atoms with van der Waals surface area (Å²) in [6.45, 7) is 2.10. The topological polar surface area (TPSA) is 55.2 Å². The smallest absolute Gasteiger partial charge is 0.261 e. The summed E-state index contributed by atoms with van der Waals surface area (Å²) >= 11 is 0. The van der Waals surface area contributed by atoms with Gasteiger partial charge in [0.1, 0.15) is 0 Å². The highest BCUT2D eigenvalue weighted by Gasteiger charge is 2.16. The summed E-state index contributed by atoms with van der Waals surface area (Å²) in [7, 11) is 0. The minimum absolute atomic E-state index is 0.0768. The fraction of sp³-hybridized carbons (Fsp3) is 0.438. The number of hydrogen-bond donors (Lipinski definition) is 0. The van der Waals surface area contributed by atoms with E-state index in [1.54, 1.807) is 6.07 Å². The predicted octanol–water partition coefficient (Wildman–Crippen LogP) is 1.80. The van der Waals surface area contributed by atoms with Crippen LogP contribution in [0.5, 0.6) is 0 Å². The number of benzene rings is 1. The number of aryl methyl sites for hydroxylation is 1. The molecule has 2 heterocycles. The van der Waals surface area contributed by atoms with Crippen LogP contribution in [0.25, 0.3) is 10.9 Å². The molecule has 21 heavy (non-hydrogen) atoms. The van der Waals surface area contributed by atoms with Gasteiger partial charge in [0.05, 0.1) is 17.2 Å². The van der Waals surface area contributed by atoms with Crippen molar-refractivity contribution in [2.24, 2.45) is 0 Å². The Kier molecular flexibility index (Phi) is 3.99. The van der Waals surface area contributed by atoms with E-state index in [0.29, 0.717) is 23.9 Å². The maximum absolute atomic E-state index is 12.3. The maximum atomic E-state index is 12.3. The zero-order chi connectivity index (χ0) is 14.7. The molecule has 0 aliphatic carbocycles. The second-order valence-electron chi connectivity index (χ2n) is 5.45. The largest absolute Gasteiger partial charge is 0.343 e. The van der Waals surface area contributed by atoms with Gasteiger partial charge in [-0.25, -0.2) is 4.98 Å². The molecular weight excluding hydrogens is 266 g/mol. The van der Waals surface area contributed by atoms with Crippen molar-refractivity contribution < 1.29 is 4.79 Å². The van der Waals surface area contributed by atoms with Gasteiger partial charge in [-0.1, -0.05) is 12.1 Å². The van der Waals surface area contributed by atoms with E-state index in [4.69, 9.17) is 0 Å². The third kappa shape index (κ3) is 2.96. The highest BCUT2D eigenvalue weighted by molar-refractivity contribution is 5.77. The molecule has 0 radical (unpaired) electrons. The summed E-state index contributed by atoms with van der Waals surface area (Å²) in [6, 6.07) is 7.28. The average molecular weight is 285 g/mol. The number of aromatic nitrogens is 2. The minimum atomic E-state index is -0.0768. The average Bonchev–Trinajstić information content (AvgIpc) is 2.55. The van der Waals surface area contributed by atoms with Crippen molar-refractivity contribution in [1.29, 1.82) is 0 Å². The molecule has 1 fully saturated rings. The van der Waals surface area contributed by atoms with E-state index in [-0.39, 0.29) is 11.5 Å². The lowest BCUT2D eigenvalue weighted by atomic mass is 10.1. The lowest BCUT2D eigenvalue weighted by Gasteiger charge is -2.26. The maximum Gasteiger partial charge on any atom is 0.261 e. The zero-order valence-corrected chi connectivity index (χ0v) is 12.0. The van der Waals surface area contributed by atoms with Gasteiger partial charge in [0.15, 0.2) is 0 Å². The number of piperidine rings is 1. The molecule has 0 spiro atoms. The monoisotopic (exact) mass is 285 g/mol. The van der Waals surface area contributed by atoms with Gasteiger partial charge in [0.2, 0.25) is 5.91 Å². The van der Waals surface area contributed by atoms with Crippen LogP contribution in [0.1, 0.15) is 25.7 Å². The van der Waals surface area contributed by atoms with Crippen molar-refractivity contribution >= 4 is 16.8 Å². The highest BCUT2D eigenvalue weighted by atomic mass is 16.2. The molecule has 1 aromatic heterocycles. The number of hydrogen-bond acceptors (Lipinski definition) is 3. The van der Waals surface area contributed by atoms with E-state index in [2.05, 4.69) is 4.98 Å². The van der Waals surface area contributed by atoms with E-state index in [1.165, 1.54) is 17.3 Å². The number of likely N-dealkylation sites (tertiary alicyclic amines) is 1. The van der Waals surface area contributed by atoms with Crippen LogP contribution in [0.15, 0.2) is 35.4 Å². The Morgan fingerprint density at radius 2 is 1.90 bits per heavy atom. The Morgan fingerprint density at radius 3 is 2.71 bits per heavy atom. The molecule has 1 aliphatic heterocycles. The van der Waals surface area contributed by atoms with E-state index >= 15 is 0 Å². The predicted molar refractivity (Wildman–Crippen MR) is 81.1 cm³/mol. The molecule has 5 heteroatoms. The second kappa shape index (κ2) is 6.08. The first-order chi connectivity index (χ1) is 10.3. The molecule has 1 aromatic carbocycles. The number of para-hydroxylation sites is 1. The number of carbonyl (C=O) groups is 1. The van der Waals surface area contributed by atoms with Crippen molar-refractivity contribution in [2.75, 3.05) is 13.1 Å². The van der Waals surface area contributed by atoms with E-state index in [1.807, 2.05) is 23.1 Å². The number of nitrogens with zero attached hydrogens (tertiary/aromatic N) is 3. The van der Waals surface area contributed by atoms with Gasteiger partial charge in [-0.15, -0.1) is 0 Å². The van der Waals surface area contributed by atoms with Crippen molar-refractivity contribution in [1.82, 2.24) is 14.5 Å². The molecule has 2 aromatic rings. The van der Waals surface area contributed by atoms with Gasteiger partial charge in [0, 0.05) is 26.1 Å². The first-order valence-corrected chi connectivity index (χ1v) is 7.48. The summed E-state index contributed by atoms with van der Waals surface area (Å²) in [5.74, 6) is 0.134. The van der Waals surface area contributed by atoms with Crippen molar-refractivity contribution in [2.45, 2.75) is 32.2 Å². The summed E-state index contributed by atoms with van der Waals surface area (Å²) in [6.07, 6.45) is 5.28. The Balaban J connectivity index is 1.72. The number of amides is 1. The molecule has 0 saturated carbocycles. The fourth-order valence-electron chi connectivity index (χ4n) is 2.78. The van der Waals surface area contributed by atoms with Gasteiger partial charge in [-0.3, -0.25) is 14.2 Å². The molecule has 1 aliphatic rings. The SMILES string of the molecule is O=C(CCn1cnc2ccccc2c1=O)N1CCCCC1. The van der Waals surface area contributed by atoms with Crippen molar-refractivity contribution in [3.05, 3.63) is 40.9 Å². The van der Waals surface area contributed by atoms with E-state index in [0.717, 1.165) is 25.9 Å². The third-order valence-corrected chi connectivity index (χ3v) is 4.01. The molecule has 1 amide bonds. The standard InChI is InChI=1S/C16H19N3O2/c20-15(18-9-4-1-5-10-18)8-11-19-12-17-14-7-3-2-6-13(14)16(19)21/h2-3,6-7,12H,1,4-5,8-11H2. The van der Waals surface area contributed by atoms with Gasteiger partial charge in [-0.05, 0) is 31.4 Å². The molecule has 0 atom stereocenters. The van der Waals surface area contributed by atoms with E-state index < -0.39 is 0 Å². The molecule has 3 rings (SSSR count). The molecule has 0 N–H and O–H groups in total. The van der Waals surface area contributed by atoms with Crippen LogP contribution < -0.4 is 5.56 Å². The summed E-state index contributed by atoms with van der Waals surface area (Å²) < 4.78 is 1.53. The number of carbonyl (C=O) groups excluding carboxylic acids is 1. The van der Waals surface area contributed by atoms with Gasteiger partial charge in [0.25, 0.3) is 5.56 Å². The van der Waals surface area contributed by atoms with Crippen LogP contribution in [-0.4, -0.2) is 33.4 Å². The zero-order valence-electron chi connectivity index (χ0n) is 12.0. The van der Waals surface area contributed by atoms with Gasteiger partial charge >= 0.3 is 0 Å². The second-order valence-corrected chi connectivity index (χ2v) is 5.45.